The molecular formula is C20H17ClN4OS. The number of fused-ring (bicyclic) bond motifs is 1. The molecule has 0 saturated carbocycles. The normalized spacial score (nSPS) is 11.0. The molecule has 0 spiro atoms. The van der Waals surface area contributed by atoms with E-state index in [9.17, 15) is 4.79 Å². The van der Waals surface area contributed by atoms with Crippen LogP contribution in [0, 0.1) is 0 Å². The Balaban J connectivity index is 1.42. The van der Waals surface area contributed by atoms with Crippen LogP contribution in [-0.2, 0) is 6.42 Å². The summed E-state index contributed by atoms with van der Waals surface area (Å²) in [5, 5.41) is 7.59. The molecule has 5 nitrogen and oxygen atoms in total. The lowest BCUT2D eigenvalue weighted by Gasteiger charge is -2.03. The van der Waals surface area contributed by atoms with Crippen LogP contribution in [0.25, 0.3) is 16.8 Å². The average Bonchev–Trinajstić information content (AvgIpc) is 3.29. The lowest BCUT2D eigenvalue weighted by atomic mass is 10.1. The third-order valence-corrected chi connectivity index (χ3v) is 5.49. The fourth-order valence-electron chi connectivity index (χ4n) is 2.90. The van der Waals surface area contributed by atoms with E-state index in [-0.39, 0.29) is 5.91 Å². The quantitative estimate of drug-likeness (QED) is 0.489. The van der Waals surface area contributed by atoms with Crippen LogP contribution >= 0.6 is 22.9 Å². The van der Waals surface area contributed by atoms with Gasteiger partial charge in [0.05, 0.1) is 11.7 Å². The minimum absolute atomic E-state index is 0.197. The standard InChI is InChI=1S/C20H17ClN4OS/c21-18-17(15-13-23-25-12-5-4-10-16(15)25)24-20(27-18)19(26)22-11-6-9-14-7-2-1-3-8-14/h1-5,7-8,10,12-13H,6,9,11H2,(H,22,26). The first kappa shape index (κ1) is 17.7. The molecule has 0 aliphatic heterocycles. The number of thiazole rings is 1. The van der Waals surface area contributed by atoms with Gasteiger partial charge in [-0.1, -0.05) is 59.3 Å². The van der Waals surface area contributed by atoms with E-state index in [0.717, 1.165) is 23.9 Å². The Morgan fingerprint density at radius 2 is 1.96 bits per heavy atom. The molecule has 0 fully saturated rings. The number of amides is 1. The van der Waals surface area contributed by atoms with E-state index in [1.165, 1.54) is 16.9 Å². The van der Waals surface area contributed by atoms with E-state index >= 15 is 0 Å². The van der Waals surface area contributed by atoms with Crippen molar-refractivity contribution in [3.63, 3.8) is 0 Å². The molecule has 7 heteroatoms. The lowest BCUT2D eigenvalue weighted by molar-refractivity contribution is 0.0953. The van der Waals surface area contributed by atoms with E-state index in [0.29, 0.717) is 21.6 Å². The molecule has 136 valence electrons. The number of nitrogens with zero attached hydrogens (tertiary/aromatic N) is 3. The summed E-state index contributed by atoms with van der Waals surface area (Å²) in [7, 11) is 0. The number of rotatable bonds is 6. The number of hydrogen-bond acceptors (Lipinski definition) is 4. The zero-order chi connectivity index (χ0) is 18.6. The molecule has 0 unspecified atom stereocenters. The molecule has 0 radical (unpaired) electrons. The molecule has 3 heterocycles. The number of benzene rings is 1. The first-order chi connectivity index (χ1) is 13.2. The van der Waals surface area contributed by atoms with Gasteiger partial charge in [-0.3, -0.25) is 4.79 Å². The predicted molar refractivity (Wildman–Crippen MR) is 108 cm³/mol. The summed E-state index contributed by atoms with van der Waals surface area (Å²) in [4.78, 5) is 16.9. The van der Waals surface area contributed by atoms with Gasteiger partial charge in [0.25, 0.3) is 5.91 Å². The van der Waals surface area contributed by atoms with E-state index < -0.39 is 0 Å². The Hall–Kier alpha value is -2.70. The summed E-state index contributed by atoms with van der Waals surface area (Å²) < 4.78 is 2.25. The van der Waals surface area contributed by atoms with Crippen molar-refractivity contribution in [2.24, 2.45) is 0 Å². The Morgan fingerprint density at radius 3 is 2.81 bits per heavy atom. The van der Waals surface area contributed by atoms with Crippen molar-refractivity contribution in [3.05, 3.63) is 75.8 Å². The van der Waals surface area contributed by atoms with Gasteiger partial charge in [-0.05, 0) is 30.5 Å². The number of carbonyl (C=O) groups excluding carboxylic acids is 1. The van der Waals surface area contributed by atoms with Gasteiger partial charge in [0.1, 0.15) is 10.0 Å². The average molecular weight is 397 g/mol. The largest absolute Gasteiger partial charge is 0.350 e. The number of hydrogen-bond donors (Lipinski definition) is 1. The molecule has 1 amide bonds. The molecule has 1 N–H and O–H groups in total. The van der Waals surface area contributed by atoms with Gasteiger partial charge in [-0.2, -0.15) is 5.10 Å². The zero-order valence-corrected chi connectivity index (χ0v) is 16.0. The fraction of sp³-hybridized carbons (Fsp3) is 0.150. The topological polar surface area (TPSA) is 59.3 Å². The molecule has 4 rings (SSSR count). The van der Waals surface area contributed by atoms with Crippen molar-refractivity contribution < 1.29 is 4.79 Å². The molecule has 0 saturated heterocycles. The summed E-state index contributed by atoms with van der Waals surface area (Å²) in [5.41, 5.74) is 3.58. The van der Waals surface area contributed by atoms with Gasteiger partial charge >= 0.3 is 0 Å². The highest BCUT2D eigenvalue weighted by molar-refractivity contribution is 7.18. The van der Waals surface area contributed by atoms with Crippen molar-refractivity contribution in [1.82, 2.24) is 19.9 Å². The Bertz CT molecular complexity index is 1070. The van der Waals surface area contributed by atoms with E-state index in [1.807, 2.05) is 42.6 Å². The van der Waals surface area contributed by atoms with Crippen LogP contribution in [0.4, 0.5) is 0 Å². The maximum Gasteiger partial charge on any atom is 0.280 e. The zero-order valence-electron chi connectivity index (χ0n) is 14.4. The second-order valence-corrected chi connectivity index (χ2v) is 7.68. The molecule has 1 aromatic carbocycles. The van der Waals surface area contributed by atoms with Crippen molar-refractivity contribution in [2.45, 2.75) is 12.8 Å². The first-order valence-corrected chi connectivity index (χ1v) is 9.83. The SMILES string of the molecule is O=C(NCCCc1ccccc1)c1nc(-c2cnn3ccccc23)c(Cl)s1. The van der Waals surface area contributed by atoms with Crippen molar-refractivity contribution in [2.75, 3.05) is 6.54 Å². The summed E-state index contributed by atoms with van der Waals surface area (Å²) in [6, 6.07) is 16.0. The van der Waals surface area contributed by atoms with Gasteiger partial charge in [0.2, 0.25) is 0 Å². The second kappa shape index (κ2) is 7.90. The number of aryl methyl sites for hydroxylation is 1. The molecular weight excluding hydrogens is 380 g/mol. The molecule has 0 aliphatic rings. The van der Waals surface area contributed by atoms with Gasteiger partial charge in [0, 0.05) is 18.3 Å². The summed E-state index contributed by atoms with van der Waals surface area (Å²) >= 11 is 7.55. The molecule has 3 aromatic heterocycles. The van der Waals surface area contributed by atoms with E-state index in [1.54, 1.807) is 10.7 Å². The second-order valence-electron chi connectivity index (χ2n) is 6.08. The summed E-state index contributed by atoms with van der Waals surface area (Å²) in [6.45, 7) is 0.594. The van der Waals surface area contributed by atoms with Crippen LogP contribution in [0.2, 0.25) is 4.34 Å². The highest BCUT2D eigenvalue weighted by Gasteiger charge is 2.19. The van der Waals surface area contributed by atoms with Gasteiger partial charge in [0.15, 0.2) is 5.01 Å². The third kappa shape index (κ3) is 3.86. The maximum absolute atomic E-state index is 12.4. The van der Waals surface area contributed by atoms with Crippen molar-refractivity contribution in [3.8, 4) is 11.3 Å². The summed E-state index contributed by atoms with van der Waals surface area (Å²) in [6.07, 6.45) is 5.38. The Morgan fingerprint density at radius 1 is 1.15 bits per heavy atom. The van der Waals surface area contributed by atoms with E-state index in [2.05, 4.69) is 27.5 Å². The first-order valence-electron chi connectivity index (χ1n) is 8.63. The van der Waals surface area contributed by atoms with Gasteiger partial charge in [-0.15, -0.1) is 0 Å². The number of carbonyl (C=O) groups is 1. The highest BCUT2D eigenvalue weighted by Crippen LogP contribution is 2.34. The Kier molecular flexibility index (Phi) is 5.18. The van der Waals surface area contributed by atoms with Crippen LogP contribution in [0.15, 0.2) is 60.9 Å². The molecule has 4 aromatic rings. The smallest absolute Gasteiger partial charge is 0.280 e. The van der Waals surface area contributed by atoms with Crippen LogP contribution in [0.1, 0.15) is 21.8 Å². The molecule has 0 atom stereocenters. The molecule has 0 aliphatic carbocycles. The minimum Gasteiger partial charge on any atom is -0.350 e. The number of aromatic nitrogens is 3. The van der Waals surface area contributed by atoms with Crippen molar-refractivity contribution >= 4 is 34.4 Å². The van der Waals surface area contributed by atoms with Crippen molar-refractivity contribution in [1.29, 1.82) is 0 Å². The number of nitrogens with one attached hydrogen (secondary N) is 1. The number of pyridine rings is 1. The fourth-order valence-corrected chi connectivity index (χ4v) is 3.98. The Labute approximate surface area is 165 Å². The lowest BCUT2D eigenvalue weighted by Crippen LogP contribution is -2.24. The van der Waals surface area contributed by atoms with Crippen LogP contribution in [0.5, 0.6) is 0 Å². The highest BCUT2D eigenvalue weighted by atomic mass is 35.5. The maximum atomic E-state index is 12.4. The van der Waals surface area contributed by atoms with Crippen LogP contribution in [-0.4, -0.2) is 27.0 Å². The van der Waals surface area contributed by atoms with Gasteiger partial charge < -0.3 is 5.32 Å². The monoisotopic (exact) mass is 396 g/mol. The van der Waals surface area contributed by atoms with Crippen LogP contribution < -0.4 is 5.32 Å². The molecule has 27 heavy (non-hydrogen) atoms. The number of halogens is 1. The molecule has 0 bridgehead atoms. The minimum atomic E-state index is -0.197. The summed E-state index contributed by atoms with van der Waals surface area (Å²) in [5.74, 6) is -0.197. The third-order valence-electron chi connectivity index (χ3n) is 4.23. The van der Waals surface area contributed by atoms with E-state index in [4.69, 9.17) is 11.6 Å². The predicted octanol–water partition coefficient (Wildman–Crippen LogP) is 4.47. The van der Waals surface area contributed by atoms with Crippen LogP contribution in [0.3, 0.4) is 0 Å². The van der Waals surface area contributed by atoms with Gasteiger partial charge in [-0.25, -0.2) is 9.50 Å².